The minimum atomic E-state index is 0.402. The Balaban J connectivity index is 2.10. The number of nitrogen functional groups attached to an aromatic ring is 1. The highest BCUT2D eigenvalue weighted by molar-refractivity contribution is 5.62. The highest BCUT2D eigenvalue weighted by Gasteiger charge is 2.21. The maximum Gasteiger partial charge on any atom is 0.101 e. The first-order valence-electron chi connectivity index (χ1n) is 5.84. The van der Waals surface area contributed by atoms with Gasteiger partial charge in [-0.25, -0.2) is 0 Å². The SMILES string of the molecule is CC1COCCC1Nc1ccc(N)c(C#N)c1. The van der Waals surface area contributed by atoms with Gasteiger partial charge < -0.3 is 15.8 Å². The fourth-order valence-corrected chi connectivity index (χ4v) is 2.05. The standard InChI is InChI=1S/C13H17N3O/c1-9-8-17-5-4-13(9)16-11-2-3-12(15)10(6-11)7-14/h2-3,6,9,13,16H,4-5,8,15H2,1H3. The molecule has 1 heterocycles. The van der Waals surface area contributed by atoms with Gasteiger partial charge in [0.15, 0.2) is 0 Å². The largest absolute Gasteiger partial charge is 0.398 e. The third kappa shape index (κ3) is 2.69. The van der Waals surface area contributed by atoms with E-state index < -0.39 is 0 Å². The minimum Gasteiger partial charge on any atom is -0.398 e. The zero-order valence-electron chi connectivity index (χ0n) is 9.94. The molecular formula is C13H17N3O. The lowest BCUT2D eigenvalue weighted by atomic mass is 9.97. The maximum atomic E-state index is 8.92. The summed E-state index contributed by atoms with van der Waals surface area (Å²) in [4.78, 5) is 0. The van der Waals surface area contributed by atoms with Crippen LogP contribution in [0.5, 0.6) is 0 Å². The third-order valence-corrected chi connectivity index (χ3v) is 3.17. The van der Waals surface area contributed by atoms with E-state index in [4.69, 9.17) is 15.7 Å². The second kappa shape index (κ2) is 5.07. The predicted molar refractivity (Wildman–Crippen MR) is 67.6 cm³/mol. The van der Waals surface area contributed by atoms with Crippen molar-refractivity contribution in [2.45, 2.75) is 19.4 Å². The van der Waals surface area contributed by atoms with Crippen molar-refractivity contribution in [2.24, 2.45) is 5.92 Å². The van der Waals surface area contributed by atoms with Crippen molar-refractivity contribution in [3.05, 3.63) is 23.8 Å². The molecule has 1 aromatic rings. The van der Waals surface area contributed by atoms with Gasteiger partial charge in [0.1, 0.15) is 6.07 Å². The molecule has 90 valence electrons. The van der Waals surface area contributed by atoms with Gasteiger partial charge in [-0.2, -0.15) is 5.26 Å². The molecular weight excluding hydrogens is 214 g/mol. The van der Waals surface area contributed by atoms with Gasteiger partial charge in [-0.15, -0.1) is 0 Å². The smallest absolute Gasteiger partial charge is 0.101 e. The fraction of sp³-hybridized carbons (Fsp3) is 0.462. The van der Waals surface area contributed by atoms with Gasteiger partial charge in [-0.3, -0.25) is 0 Å². The monoisotopic (exact) mass is 231 g/mol. The van der Waals surface area contributed by atoms with Gasteiger partial charge in [0.05, 0.1) is 12.2 Å². The summed E-state index contributed by atoms with van der Waals surface area (Å²) < 4.78 is 5.40. The molecule has 0 aliphatic carbocycles. The molecule has 0 aromatic heterocycles. The van der Waals surface area contributed by atoms with Gasteiger partial charge in [-0.05, 0) is 30.5 Å². The van der Waals surface area contributed by atoms with E-state index in [9.17, 15) is 0 Å². The van der Waals surface area contributed by atoms with Gasteiger partial charge >= 0.3 is 0 Å². The number of nitrogens with zero attached hydrogens (tertiary/aromatic N) is 1. The van der Waals surface area contributed by atoms with E-state index in [-0.39, 0.29) is 0 Å². The quantitative estimate of drug-likeness (QED) is 0.763. The summed E-state index contributed by atoms with van der Waals surface area (Å²) in [6, 6.07) is 7.98. The van der Waals surface area contributed by atoms with Gasteiger partial charge in [-0.1, -0.05) is 6.92 Å². The maximum absolute atomic E-state index is 8.92. The Morgan fingerprint density at radius 3 is 3.06 bits per heavy atom. The number of nitrogens with one attached hydrogen (secondary N) is 1. The molecule has 0 spiro atoms. The fourth-order valence-electron chi connectivity index (χ4n) is 2.05. The molecule has 1 aromatic carbocycles. The van der Waals surface area contributed by atoms with Gasteiger partial charge in [0.25, 0.3) is 0 Å². The number of anilines is 2. The minimum absolute atomic E-state index is 0.402. The molecule has 2 rings (SSSR count). The van der Waals surface area contributed by atoms with Crippen LogP contribution in [-0.2, 0) is 4.74 Å². The molecule has 0 saturated carbocycles. The first-order valence-corrected chi connectivity index (χ1v) is 5.84. The van der Waals surface area contributed by atoms with E-state index in [0.717, 1.165) is 25.3 Å². The highest BCUT2D eigenvalue weighted by atomic mass is 16.5. The lowest BCUT2D eigenvalue weighted by Gasteiger charge is -2.30. The molecule has 4 heteroatoms. The molecule has 0 bridgehead atoms. The first kappa shape index (κ1) is 11.7. The molecule has 3 N–H and O–H groups in total. The summed E-state index contributed by atoms with van der Waals surface area (Å²) in [7, 11) is 0. The lowest BCUT2D eigenvalue weighted by molar-refractivity contribution is 0.0538. The Labute approximate surface area is 101 Å². The Morgan fingerprint density at radius 1 is 1.53 bits per heavy atom. The molecule has 2 atom stereocenters. The summed E-state index contributed by atoms with van der Waals surface area (Å²) >= 11 is 0. The summed E-state index contributed by atoms with van der Waals surface area (Å²) in [5.74, 6) is 0.479. The molecule has 1 saturated heterocycles. The molecule has 17 heavy (non-hydrogen) atoms. The first-order chi connectivity index (χ1) is 8.20. The number of nitriles is 1. The number of hydrogen-bond acceptors (Lipinski definition) is 4. The Hall–Kier alpha value is -1.73. The van der Waals surface area contributed by atoms with E-state index in [0.29, 0.717) is 23.2 Å². The van der Waals surface area contributed by atoms with Crippen LogP contribution in [0.4, 0.5) is 11.4 Å². The molecule has 0 radical (unpaired) electrons. The predicted octanol–water partition coefficient (Wildman–Crippen LogP) is 1.98. The average Bonchev–Trinajstić information content (AvgIpc) is 2.34. The van der Waals surface area contributed by atoms with Crippen molar-refractivity contribution in [3.63, 3.8) is 0 Å². The van der Waals surface area contributed by atoms with E-state index in [2.05, 4.69) is 18.3 Å². The number of nitrogens with two attached hydrogens (primary N) is 1. The third-order valence-electron chi connectivity index (χ3n) is 3.17. The van der Waals surface area contributed by atoms with Crippen LogP contribution in [0.25, 0.3) is 0 Å². The zero-order chi connectivity index (χ0) is 12.3. The van der Waals surface area contributed by atoms with Crippen molar-refractivity contribution in [3.8, 4) is 6.07 Å². The Bertz CT molecular complexity index is 439. The molecule has 4 nitrogen and oxygen atoms in total. The molecule has 1 fully saturated rings. The summed E-state index contributed by atoms with van der Waals surface area (Å²) in [5, 5.41) is 12.4. The summed E-state index contributed by atoms with van der Waals surface area (Å²) in [6.07, 6.45) is 0.993. The van der Waals surface area contributed by atoms with Crippen LogP contribution >= 0.6 is 0 Å². The number of hydrogen-bond donors (Lipinski definition) is 2. The molecule has 1 aliphatic rings. The van der Waals surface area contributed by atoms with Gasteiger partial charge in [0, 0.05) is 24.0 Å². The second-order valence-electron chi connectivity index (χ2n) is 4.51. The second-order valence-corrected chi connectivity index (χ2v) is 4.51. The van der Waals surface area contributed by atoms with E-state index in [1.165, 1.54) is 0 Å². The van der Waals surface area contributed by atoms with Crippen LogP contribution in [-0.4, -0.2) is 19.3 Å². The molecule has 1 aliphatic heterocycles. The van der Waals surface area contributed by atoms with Crippen LogP contribution in [0.1, 0.15) is 18.9 Å². The molecule has 2 unspecified atom stereocenters. The van der Waals surface area contributed by atoms with Crippen molar-refractivity contribution in [1.82, 2.24) is 0 Å². The van der Waals surface area contributed by atoms with Crippen LogP contribution < -0.4 is 11.1 Å². The van der Waals surface area contributed by atoms with Crippen molar-refractivity contribution < 1.29 is 4.74 Å². The van der Waals surface area contributed by atoms with Crippen LogP contribution in [0.3, 0.4) is 0 Å². The number of rotatable bonds is 2. The van der Waals surface area contributed by atoms with Crippen molar-refractivity contribution in [1.29, 1.82) is 5.26 Å². The number of benzene rings is 1. The van der Waals surface area contributed by atoms with Crippen molar-refractivity contribution >= 4 is 11.4 Å². The van der Waals surface area contributed by atoms with Crippen molar-refractivity contribution in [2.75, 3.05) is 24.3 Å². The normalized spacial score (nSPS) is 24.0. The van der Waals surface area contributed by atoms with Crippen LogP contribution in [0.2, 0.25) is 0 Å². The van der Waals surface area contributed by atoms with E-state index in [1.807, 2.05) is 6.07 Å². The highest BCUT2D eigenvalue weighted by Crippen LogP contribution is 2.22. The van der Waals surface area contributed by atoms with Crippen LogP contribution in [0, 0.1) is 17.2 Å². The lowest BCUT2D eigenvalue weighted by Crippen LogP contribution is -2.35. The average molecular weight is 231 g/mol. The summed E-state index contributed by atoms with van der Waals surface area (Å²) in [6.45, 7) is 3.75. The Kier molecular flexibility index (Phi) is 3.50. The molecule has 0 amide bonds. The summed E-state index contributed by atoms with van der Waals surface area (Å²) in [5.41, 5.74) is 7.69. The van der Waals surface area contributed by atoms with Crippen LogP contribution in [0.15, 0.2) is 18.2 Å². The van der Waals surface area contributed by atoms with E-state index in [1.54, 1.807) is 12.1 Å². The zero-order valence-corrected chi connectivity index (χ0v) is 9.94. The van der Waals surface area contributed by atoms with Gasteiger partial charge in [0.2, 0.25) is 0 Å². The number of ether oxygens (including phenoxy) is 1. The van der Waals surface area contributed by atoms with E-state index >= 15 is 0 Å². The Morgan fingerprint density at radius 2 is 2.35 bits per heavy atom. The topological polar surface area (TPSA) is 71.1 Å².